The molecule has 2 fully saturated rings. The van der Waals surface area contributed by atoms with E-state index < -0.39 is 0 Å². The average molecular weight is 209 g/mol. The monoisotopic (exact) mass is 209 g/mol. The van der Waals surface area contributed by atoms with Crippen LogP contribution in [0.15, 0.2) is 0 Å². The quantitative estimate of drug-likeness (QED) is 0.693. The lowest BCUT2D eigenvalue weighted by atomic mass is 9.90. The molecule has 15 heavy (non-hydrogen) atoms. The van der Waals surface area contributed by atoms with E-state index >= 15 is 0 Å². The van der Waals surface area contributed by atoms with E-state index in [1.807, 2.05) is 0 Å². The van der Waals surface area contributed by atoms with Crippen molar-refractivity contribution >= 4 is 0 Å². The lowest BCUT2D eigenvalue weighted by Crippen LogP contribution is -2.48. The second-order valence-electron chi connectivity index (χ2n) is 5.97. The highest BCUT2D eigenvalue weighted by molar-refractivity contribution is 4.93. The van der Waals surface area contributed by atoms with E-state index in [0.29, 0.717) is 5.54 Å². The molecule has 0 saturated heterocycles. The van der Waals surface area contributed by atoms with E-state index in [1.54, 1.807) is 0 Å². The van der Waals surface area contributed by atoms with Crippen molar-refractivity contribution in [1.82, 2.24) is 5.32 Å². The van der Waals surface area contributed by atoms with Gasteiger partial charge in [0.25, 0.3) is 0 Å². The standard InChI is InChI=1S/C14H27N/c1-3-13(12-8-9-12)15-14(2)10-6-4-5-7-11-14/h12-13,15H,3-11H2,1-2H3. The van der Waals surface area contributed by atoms with Crippen LogP contribution in [0, 0.1) is 5.92 Å². The van der Waals surface area contributed by atoms with Crippen molar-refractivity contribution in [2.45, 2.75) is 83.2 Å². The average Bonchev–Trinajstić information content (AvgIpc) is 3.02. The Morgan fingerprint density at radius 1 is 1.13 bits per heavy atom. The number of hydrogen-bond acceptors (Lipinski definition) is 1. The zero-order valence-corrected chi connectivity index (χ0v) is 10.5. The van der Waals surface area contributed by atoms with Crippen LogP contribution in [0.2, 0.25) is 0 Å². The molecule has 0 aromatic carbocycles. The van der Waals surface area contributed by atoms with Crippen molar-refractivity contribution < 1.29 is 0 Å². The van der Waals surface area contributed by atoms with Gasteiger partial charge >= 0.3 is 0 Å². The van der Waals surface area contributed by atoms with E-state index in [9.17, 15) is 0 Å². The number of hydrogen-bond donors (Lipinski definition) is 1. The molecular formula is C14H27N. The van der Waals surface area contributed by atoms with Crippen molar-refractivity contribution in [3.05, 3.63) is 0 Å². The van der Waals surface area contributed by atoms with Gasteiger partial charge in [-0.2, -0.15) is 0 Å². The molecule has 0 amide bonds. The summed E-state index contributed by atoms with van der Waals surface area (Å²) in [6.45, 7) is 4.80. The molecule has 1 heteroatoms. The van der Waals surface area contributed by atoms with Crippen LogP contribution in [-0.4, -0.2) is 11.6 Å². The molecule has 2 rings (SSSR count). The van der Waals surface area contributed by atoms with Gasteiger partial charge in [-0.25, -0.2) is 0 Å². The fourth-order valence-corrected chi connectivity index (χ4v) is 3.15. The number of rotatable bonds is 4. The first kappa shape index (κ1) is 11.4. The van der Waals surface area contributed by atoms with E-state index in [2.05, 4.69) is 19.2 Å². The first-order valence-corrected chi connectivity index (χ1v) is 7.01. The van der Waals surface area contributed by atoms with Crippen molar-refractivity contribution in [3.63, 3.8) is 0 Å². The van der Waals surface area contributed by atoms with Crippen LogP contribution in [0.25, 0.3) is 0 Å². The van der Waals surface area contributed by atoms with Gasteiger partial charge in [0.05, 0.1) is 0 Å². The molecule has 0 bridgehead atoms. The van der Waals surface area contributed by atoms with Gasteiger partial charge in [0.2, 0.25) is 0 Å². The molecule has 2 aliphatic carbocycles. The first-order chi connectivity index (χ1) is 7.23. The molecule has 1 N–H and O–H groups in total. The van der Waals surface area contributed by atoms with Crippen molar-refractivity contribution in [2.75, 3.05) is 0 Å². The topological polar surface area (TPSA) is 12.0 Å². The summed E-state index contributed by atoms with van der Waals surface area (Å²) in [5, 5.41) is 3.98. The fourth-order valence-electron chi connectivity index (χ4n) is 3.15. The van der Waals surface area contributed by atoms with Crippen molar-refractivity contribution in [1.29, 1.82) is 0 Å². The maximum absolute atomic E-state index is 3.98. The van der Waals surface area contributed by atoms with Gasteiger partial charge in [-0.05, 0) is 44.9 Å². The lowest BCUT2D eigenvalue weighted by molar-refractivity contribution is 0.256. The van der Waals surface area contributed by atoms with Gasteiger partial charge in [-0.15, -0.1) is 0 Å². The Morgan fingerprint density at radius 2 is 1.73 bits per heavy atom. The van der Waals surface area contributed by atoms with Gasteiger partial charge in [0, 0.05) is 11.6 Å². The minimum absolute atomic E-state index is 0.458. The van der Waals surface area contributed by atoms with Crippen LogP contribution in [0.1, 0.15) is 71.6 Å². The molecule has 0 radical (unpaired) electrons. The zero-order chi connectivity index (χ0) is 10.7. The third-order valence-electron chi connectivity index (χ3n) is 4.37. The van der Waals surface area contributed by atoms with Gasteiger partial charge in [0.1, 0.15) is 0 Å². The van der Waals surface area contributed by atoms with Crippen LogP contribution in [0.5, 0.6) is 0 Å². The molecule has 0 aromatic heterocycles. The molecule has 0 aliphatic heterocycles. The SMILES string of the molecule is CCC(NC1(C)CCCCCC1)C1CC1. The highest BCUT2D eigenvalue weighted by Gasteiger charge is 2.35. The summed E-state index contributed by atoms with van der Waals surface area (Å²) in [5.41, 5.74) is 0.458. The second kappa shape index (κ2) is 4.86. The highest BCUT2D eigenvalue weighted by atomic mass is 15.0. The summed E-state index contributed by atoms with van der Waals surface area (Å²) in [5.74, 6) is 1.01. The van der Waals surface area contributed by atoms with Crippen LogP contribution >= 0.6 is 0 Å². The number of nitrogens with one attached hydrogen (secondary N) is 1. The summed E-state index contributed by atoms with van der Waals surface area (Å²) >= 11 is 0. The molecule has 0 spiro atoms. The Morgan fingerprint density at radius 3 is 2.20 bits per heavy atom. The van der Waals surface area contributed by atoms with Gasteiger partial charge in [-0.1, -0.05) is 32.6 Å². The Hall–Kier alpha value is -0.0400. The summed E-state index contributed by atoms with van der Waals surface area (Å²) in [6, 6.07) is 0.813. The summed E-state index contributed by atoms with van der Waals surface area (Å²) < 4.78 is 0. The maximum Gasteiger partial charge on any atom is 0.0156 e. The third kappa shape index (κ3) is 3.21. The predicted octanol–water partition coefficient (Wildman–Crippen LogP) is 3.88. The van der Waals surface area contributed by atoms with E-state index in [4.69, 9.17) is 0 Å². The smallest absolute Gasteiger partial charge is 0.0156 e. The van der Waals surface area contributed by atoms with Crippen molar-refractivity contribution in [2.24, 2.45) is 5.92 Å². The van der Waals surface area contributed by atoms with E-state index in [0.717, 1.165) is 12.0 Å². The molecule has 0 aromatic rings. The van der Waals surface area contributed by atoms with Crippen LogP contribution in [0.4, 0.5) is 0 Å². The van der Waals surface area contributed by atoms with Crippen LogP contribution < -0.4 is 5.32 Å². The Balaban J connectivity index is 1.88. The minimum atomic E-state index is 0.458. The molecule has 2 aliphatic rings. The Labute approximate surface area is 95.0 Å². The first-order valence-electron chi connectivity index (χ1n) is 7.01. The highest BCUT2D eigenvalue weighted by Crippen LogP contribution is 2.36. The Bertz CT molecular complexity index is 188. The molecular weight excluding hydrogens is 182 g/mol. The molecule has 0 heterocycles. The molecule has 1 atom stereocenters. The molecule has 1 nitrogen and oxygen atoms in total. The minimum Gasteiger partial charge on any atom is -0.309 e. The van der Waals surface area contributed by atoms with Crippen molar-refractivity contribution in [3.8, 4) is 0 Å². The summed E-state index contributed by atoms with van der Waals surface area (Å²) in [7, 11) is 0. The van der Waals surface area contributed by atoms with E-state index in [-0.39, 0.29) is 0 Å². The third-order valence-corrected chi connectivity index (χ3v) is 4.37. The summed E-state index contributed by atoms with van der Waals surface area (Å²) in [4.78, 5) is 0. The largest absolute Gasteiger partial charge is 0.309 e. The zero-order valence-electron chi connectivity index (χ0n) is 10.5. The Kier molecular flexibility index (Phi) is 3.71. The van der Waals surface area contributed by atoms with Gasteiger partial charge in [0.15, 0.2) is 0 Å². The lowest BCUT2D eigenvalue weighted by Gasteiger charge is -2.34. The fraction of sp³-hybridized carbons (Fsp3) is 1.00. The van der Waals surface area contributed by atoms with E-state index in [1.165, 1.54) is 57.8 Å². The van der Waals surface area contributed by atoms with Crippen LogP contribution in [-0.2, 0) is 0 Å². The second-order valence-corrected chi connectivity index (χ2v) is 5.97. The molecule has 2 saturated carbocycles. The van der Waals surface area contributed by atoms with Gasteiger partial charge in [-0.3, -0.25) is 0 Å². The summed E-state index contributed by atoms with van der Waals surface area (Å²) in [6.07, 6.45) is 12.8. The van der Waals surface area contributed by atoms with Crippen LogP contribution in [0.3, 0.4) is 0 Å². The molecule has 1 unspecified atom stereocenters. The van der Waals surface area contributed by atoms with Gasteiger partial charge < -0.3 is 5.32 Å². The molecule has 88 valence electrons. The normalized spacial score (nSPS) is 28.4. The predicted molar refractivity (Wildman–Crippen MR) is 66.0 cm³/mol. The maximum atomic E-state index is 3.98.